The Bertz CT molecular complexity index is 717. The first-order valence-corrected chi connectivity index (χ1v) is 9.04. The normalized spacial score (nSPS) is 17.8. The van der Waals surface area contributed by atoms with Gasteiger partial charge in [-0.1, -0.05) is 6.07 Å². The highest BCUT2D eigenvalue weighted by molar-refractivity contribution is 9.10. The van der Waals surface area contributed by atoms with Gasteiger partial charge in [0.1, 0.15) is 13.2 Å². The molecule has 24 heavy (non-hydrogen) atoms. The van der Waals surface area contributed by atoms with Gasteiger partial charge in [0, 0.05) is 49.6 Å². The van der Waals surface area contributed by atoms with Crippen molar-refractivity contribution < 1.29 is 9.47 Å². The summed E-state index contributed by atoms with van der Waals surface area (Å²) in [6.45, 7) is 6.22. The Morgan fingerprint density at radius 3 is 2.71 bits per heavy atom. The molecule has 0 saturated carbocycles. The molecule has 1 fully saturated rings. The lowest BCUT2D eigenvalue weighted by Gasteiger charge is -2.37. The molecular weight excluding hydrogens is 370 g/mol. The van der Waals surface area contributed by atoms with Gasteiger partial charge >= 0.3 is 0 Å². The molecule has 0 N–H and O–H groups in total. The molecule has 126 valence electrons. The lowest BCUT2D eigenvalue weighted by atomic mass is 10.2. The van der Waals surface area contributed by atoms with Crippen LogP contribution in [0.3, 0.4) is 0 Å². The summed E-state index contributed by atoms with van der Waals surface area (Å²) in [6.07, 6.45) is 3.76. The van der Waals surface area contributed by atoms with Crippen molar-refractivity contribution in [3.05, 3.63) is 46.7 Å². The van der Waals surface area contributed by atoms with Crippen molar-refractivity contribution in [2.45, 2.75) is 6.54 Å². The fraction of sp³-hybridized carbons (Fsp3) is 0.389. The molecule has 3 heterocycles. The van der Waals surface area contributed by atoms with Crippen molar-refractivity contribution >= 4 is 21.6 Å². The van der Waals surface area contributed by atoms with E-state index < -0.39 is 0 Å². The number of nitrogens with zero attached hydrogens (tertiary/aromatic N) is 3. The minimum atomic E-state index is 0.625. The Balaban J connectivity index is 1.41. The van der Waals surface area contributed by atoms with Crippen molar-refractivity contribution in [1.82, 2.24) is 9.88 Å². The summed E-state index contributed by atoms with van der Waals surface area (Å²) in [4.78, 5) is 9.10. The third-order valence-electron chi connectivity index (χ3n) is 4.43. The first kappa shape index (κ1) is 15.7. The molecule has 4 rings (SSSR count). The molecule has 2 aliphatic heterocycles. The standard InChI is InChI=1S/C18H20BrN3O2/c19-15-10-14(11-20-12-15)13-21-4-6-22(7-5-21)16-2-1-3-17-18(16)24-9-8-23-17/h1-3,10-12H,4-9,13H2. The molecule has 0 atom stereocenters. The summed E-state index contributed by atoms with van der Waals surface area (Å²) in [5.41, 5.74) is 2.39. The van der Waals surface area contributed by atoms with Crippen molar-refractivity contribution in [3.8, 4) is 11.5 Å². The third kappa shape index (κ3) is 3.35. The molecule has 6 heteroatoms. The van der Waals surface area contributed by atoms with E-state index in [1.807, 2.05) is 24.5 Å². The predicted molar refractivity (Wildman–Crippen MR) is 96.9 cm³/mol. The van der Waals surface area contributed by atoms with Crippen LogP contribution in [0.5, 0.6) is 11.5 Å². The molecular formula is C18H20BrN3O2. The number of hydrogen-bond donors (Lipinski definition) is 0. The quantitative estimate of drug-likeness (QED) is 0.806. The first-order valence-electron chi connectivity index (χ1n) is 8.25. The molecule has 2 aromatic rings. The molecule has 2 aliphatic rings. The van der Waals surface area contributed by atoms with Crippen molar-refractivity contribution in [2.24, 2.45) is 0 Å². The molecule has 1 aromatic heterocycles. The zero-order valence-electron chi connectivity index (χ0n) is 13.4. The van der Waals surface area contributed by atoms with E-state index in [1.54, 1.807) is 0 Å². The molecule has 0 aliphatic carbocycles. The molecule has 5 nitrogen and oxygen atoms in total. The number of hydrogen-bond acceptors (Lipinski definition) is 5. The summed E-state index contributed by atoms with van der Waals surface area (Å²) < 4.78 is 12.6. The van der Waals surface area contributed by atoms with Gasteiger partial charge in [0.05, 0.1) is 5.69 Å². The predicted octanol–water partition coefficient (Wildman–Crippen LogP) is 2.94. The van der Waals surface area contributed by atoms with Gasteiger partial charge in [-0.05, 0) is 39.7 Å². The highest BCUT2D eigenvalue weighted by Gasteiger charge is 2.23. The van der Waals surface area contributed by atoms with Crippen LogP contribution >= 0.6 is 15.9 Å². The summed E-state index contributed by atoms with van der Waals surface area (Å²) in [5.74, 6) is 1.76. The van der Waals surface area contributed by atoms with Crippen LogP contribution in [-0.4, -0.2) is 49.3 Å². The SMILES string of the molecule is Brc1cncc(CN2CCN(c3cccc4c3OCCO4)CC2)c1. The van der Waals surface area contributed by atoms with E-state index in [4.69, 9.17) is 9.47 Å². The van der Waals surface area contributed by atoms with Gasteiger partial charge in [0.25, 0.3) is 0 Å². The minimum absolute atomic E-state index is 0.625. The molecule has 1 aromatic carbocycles. The number of fused-ring (bicyclic) bond motifs is 1. The fourth-order valence-electron chi connectivity index (χ4n) is 3.25. The summed E-state index contributed by atoms with van der Waals surface area (Å²) in [5, 5.41) is 0. The third-order valence-corrected chi connectivity index (χ3v) is 4.86. The van der Waals surface area contributed by atoms with Gasteiger partial charge in [-0.3, -0.25) is 9.88 Å². The number of benzene rings is 1. The van der Waals surface area contributed by atoms with Gasteiger partial charge in [-0.15, -0.1) is 0 Å². The number of para-hydroxylation sites is 1. The zero-order chi connectivity index (χ0) is 16.4. The van der Waals surface area contributed by atoms with E-state index in [1.165, 1.54) is 5.56 Å². The topological polar surface area (TPSA) is 37.8 Å². The maximum atomic E-state index is 5.85. The van der Waals surface area contributed by atoms with Crippen LogP contribution in [0.4, 0.5) is 5.69 Å². The van der Waals surface area contributed by atoms with E-state index in [9.17, 15) is 0 Å². The second-order valence-electron chi connectivity index (χ2n) is 6.08. The Morgan fingerprint density at radius 1 is 1.04 bits per heavy atom. The van der Waals surface area contributed by atoms with Crippen LogP contribution < -0.4 is 14.4 Å². The fourth-order valence-corrected chi connectivity index (χ4v) is 3.67. The van der Waals surface area contributed by atoms with Crippen LogP contribution in [0.2, 0.25) is 0 Å². The highest BCUT2D eigenvalue weighted by Crippen LogP contribution is 2.39. The van der Waals surface area contributed by atoms with Crippen molar-refractivity contribution in [1.29, 1.82) is 0 Å². The van der Waals surface area contributed by atoms with Crippen LogP contribution in [0.15, 0.2) is 41.1 Å². The number of pyridine rings is 1. The minimum Gasteiger partial charge on any atom is -0.486 e. The van der Waals surface area contributed by atoms with Gasteiger partial charge in [-0.2, -0.15) is 0 Å². The van der Waals surface area contributed by atoms with Crippen LogP contribution in [0.25, 0.3) is 0 Å². The molecule has 0 spiro atoms. The molecule has 1 saturated heterocycles. The lowest BCUT2D eigenvalue weighted by molar-refractivity contribution is 0.171. The van der Waals surface area contributed by atoms with Crippen molar-refractivity contribution in [3.63, 3.8) is 0 Å². The summed E-state index contributed by atoms with van der Waals surface area (Å²) in [7, 11) is 0. The molecule has 0 radical (unpaired) electrons. The van der Waals surface area contributed by atoms with Gasteiger partial charge < -0.3 is 14.4 Å². The molecule has 0 bridgehead atoms. The Morgan fingerprint density at radius 2 is 1.88 bits per heavy atom. The summed E-state index contributed by atoms with van der Waals surface area (Å²) in [6, 6.07) is 8.29. The summed E-state index contributed by atoms with van der Waals surface area (Å²) >= 11 is 3.49. The van der Waals surface area contributed by atoms with Crippen molar-refractivity contribution in [2.75, 3.05) is 44.3 Å². The lowest BCUT2D eigenvalue weighted by Crippen LogP contribution is -2.46. The Kier molecular flexibility index (Phi) is 4.58. The number of rotatable bonds is 3. The van der Waals surface area contributed by atoms with E-state index in [-0.39, 0.29) is 0 Å². The second-order valence-corrected chi connectivity index (χ2v) is 6.99. The second kappa shape index (κ2) is 6.99. The number of piperazine rings is 1. The van der Waals surface area contributed by atoms with E-state index in [0.717, 1.165) is 54.4 Å². The number of anilines is 1. The number of aromatic nitrogens is 1. The largest absolute Gasteiger partial charge is 0.486 e. The maximum absolute atomic E-state index is 5.85. The average molecular weight is 390 g/mol. The zero-order valence-corrected chi connectivity index (χ0v) is 15.0. The van der Waals surface area contributed by atoms with Crippen LogP contribution in [0, 0.1) is 0 Å². The first-order chi connectivity index (χ1) is 11.8. The van der Waals surface area contributed by atoms with E-state index >= 15 is 0 Å². The van der Waals surface area contributed by atoms with E-state index in [0.29, 0.717) is 13.2 Å². The molecule has 0 amide bonds. The smallest absolute Gasteiger partial charge is 0.184 e. The highest BCUT2D eigenvalue weighted by atomic mass is 79.9. The maximum Gasteiger partial charge on any atom is 0.184 e. The Hall–Kier alpha value is -1.79. The number of halogens is 1. The van der Waals surface area contributed by atoms with Gasteiger partial charge in [-0.25, -0.2) is 0 Å². The van der Waals surface area contributed by atoms with Gasteiger partial charge in [0.15, 0.2) is 11.5 Å². The average Bonchev–Trinajstić information content (AvgIpc) is 2.62. The van der Waals surface area contributed by atoms with Crippen LogP contribution in [-0.2, 0) is 6.54 Å². The van der Waals surface area contributed by atoms with E-state index in [2.05, 4.69) is 42.8 Å². The number of ether oxygens (including phenoxy) is 2. The Labute approximate surface area is 150 Å². The molecule has 0 unspecified atom stereocenters. The monoisotopic (exact) mass is 389 g/mol. The van der Waals surface area contributed by atoms with Crippen LogP contribution in [0.1, 0.15) is 5.56 Å². The van der Waals surface area contributed by atoms with Gasteiger partial charge in [0.2, 0.25) is 0 Å².